The molecule has 0 aliphatic rings. The third kappa shape index (κ3) is 3.77. The summed E-state index contributed by atoms with van der Waals surface area (Å²) in [7, 11) is -6.10. The Morgan fingerprint density at radius 3 is 2.06 bits per heavy atom. The molecule has 0 spiro atoms. The van der Waals surface area contributed by atoms with Crippen LogP contribution in [0.1, 0.15) is 12.0 Å². The lowest BCUT2D eigenvalue weighted by molar-refractivity contribution is 0.0853. The smallest absolute Gasteiger partial charge is 0.361 e. The van der Waals surface area contributed by atoms with E-state index in [4.69, 9.17) is 0 Å². The standard InChI is InChI=1S/C12H21O4PSi/c1-18(2,3)10-9-12(13,17(14,15)16)11-7-5-4-6-8-11/h4-8,13H,9-10H2,1-3H3,(H2,14,15,16). The quantitative estimate of drug-likeness (QED) is 0.575. The minimum atomic E-state index is -4.62. The minimum Gasteiger partial charge on any atom is -0.373 e. The molecule has 4 nitrogen and oxygen atoms in total. The van der Waals surface area contributed by atoms with Gasteiger partial charge in [-0.1, -0.05) is 56.0 Å². The lowest BCUT2D eigenvalue weighted by atomic mass is 10.1. The van der Waals surface area contributed by atoms with Crippen LogP contribution < -0.4 is 0 Å². The molecule has 102 valence electrons. The van der Waals surface area contributed by atoms with Crippen molar-refractivity contribution < 1.29 is 19.5 Å². The average Bonchev–Trinajstić information content (AvgIpc) is 2.24. The number of hydrogen-bond acceptors (Lipinski definition) is 2. The third-order valence-electron chi connectivity index (χ3n) is 2.94. The number of aliphatic hydroxyl groups is 1. The third-order valence-corrected chi connectivity index (χ3v) is 6.14. The van der Waals surface area contributed by atoms with Gasteiger partial charge < -0.3 is 14.9 Å². The van der Waals surface area contributed by atoms with E-state index in [1.165, 1.54) is 0 Å². The Morgan fingerprint density at radius 1 is 1.17 bits per heavy atom. The van der Waals surface area contributed by atoms with Crippen molar-refractivity contribution in [2.45, 2.75) is 37.4 Å². The summed E-state index contributed by atoms with van der Waals surface area (Å²) in [6, 6.07) is 8.87. The van der Waals surface area contributed by atoms with Gasteiger partial charge in [-0.15, -0.1) is 0 Å². The van der Waals surface area contributed by atoms with Gasteiger partial charge in [0, 0.05) is 8.07 Å². The summed E-state index contributed by atoms with van der Waals surface area (Å²) in [5.41, 5.74) is 0.289. The van der Waals surface area contributed by atoms with E-state index in [9.17, 15) is 19.5 Å². The summed E-state index contributed by atoms with van der Waals surface area (Å²) in [5.74, 6) is 0. The average molecular weight is 288 g/mol. The maximum Gasteiger partial charge on any atom is 0.361 e. The monoisotopic (exact) mass is 288 g/mol. The lowest BCUT2D eigenvalue weighted by Gasteiger charge is -2.31. The normalized spacial score (nSPS) is 16.3. The second-order valence-electron chi connectivity index (χ2n) is 5.79. The molecule has 0 saturated heterocycles. The van der Waals surface area contributed by atoms with Crippen LogP contribution in [0.25, 0.3) is 0 Å². The molecule has 0 heterocycles. The molecule has 0 saturated carbocycles. The SMILES string of the molecule is C[Si](C)(C)CCC(O)(c1ccccc1)P(=O)(O)O. The molecule has 6 heteroatoms. The highest BCUT2D eigenvalue weighted by Crippen LogP contribution is 2.58. The molecule has 0 aliphatic heterocycles. The molecule has 18 heavy (non-hydrogen) atoms. The molecule has 3 N–H and O–H groups in total. The predicted molar refractivity (Wildman–Crippen MR) is 75.2 cm³/mol. The molecule has 0 amide bonds. The van der Waals surface area contributed by atoms with Crippen LogP contribution in [0.2, 0.25) is 25.7 Å². The van der Waals surface area contributed by atoms with Gasteiger partial charge in [0.25, 0.3) is 0 Å². The van der Waals surface area contributed by atoms with Gasteiger partial charge in [-0.2, -0.15) is 0 Å². The zero-order valence-electron chi connectivity index (χ0n) is 11.0. The molecule has 1 aromatic rings. The number of benzene rings is 1. The van der Waals surface area contributed by atoms with Gasteiger partial charge in [-0.25, -0.2) is 0 Å². The first kappa shape index (κ1) is 15.6. The van der Waals surface area contributed by atoms with E-state index >= 15 is 0 Å². The van der Waals surface area contributed by atoms with E-state index in [0.29, 0.717) is 6.04 Å². The molecular weight excluding hydrogens is 267 g/mol. The topological polar surface area (TPSA) is 77.8 Å². The van der Waals surface area contributed by atoms with Crippen LogP contribution in [-0.2, 0) is 9.91 Å². The first-order valence-electron chi connectivity index (χ1n) is 5.90. The van der Waals surface area contributed by atoms with E-state index in [-0.39, 0.29) is 12.0 Å². The van der Waals surface area contributed by atoms with E-state index in [0.717, 1.165) is 0 Å². The van der Waals surface area contributed by atoms with E-state index in [2.05, 4.69) is 19.6 Å². The zero-order valence-corrected chi connectivity index (χ0v) is 12.9. The summed E-state index contributed by atoms with van der Waals surface area (Å²) < 4.78 is 11.6. The highest BCUT2D eigenvalue weighted by molar-refractivity contribution is 7.52. The van der Waals surface area contributed by atoms with E-state index < -0.39 is 21.0 Å². The van der Waals surface area contributed by atoms with Crippen LogP contribution in [0.15, 0.2) is 30.3 Å². The number of hydrogen-bond donors (Lipinski definition) is 3. The van der Waals surface area contributed by atoms with Crippen molar-refractivity contribution in [3.63, 3.8) is 0 Å². The van der Waals surface area contributed by atoms with Crippen molar-refractivity contribution in [3.05, 3.63) is 35.9 Å². The van der Waals surface area contributed by atoms with Crippen LogP contribution in [0, 0.1) is 0 Å². The van der Waals surface area contributed by atoms with Gasteiger partial charge >= 0.3 is 7.60 Å². The summed E-state index contributed by atoms with van der Waals surface area (Å²) >= 11 is 0. The van der Waals surface area contributed by atoms with Crippen LogP contribution in [0.3, 0.4) is 0 Å². The Kier molecular flexibility index (Phi) is 4.57. The first-order chi connectivity index (χ1) is 8.06. The molecule has 0 bridgehead atoms. The Balaban J connectivity index is 3.09. The highest BCUT2D eigenvalue weighted by atomic mass is 31.2. The molecule has 1 rings (SSSR count). The Morgan fingerprint density at radius 2 is 1.67 bits per heavy atom. The summed E-state index contributed by atoms with van der Waals surface area (Å²) in [6.07, 6.45) is 0.0943. The van der Waals surface area contributed by atoms with Gasteiger partial charge in [0.15, 0.2) is 5.34 Å². The molecule has 0 aliphatic carbocycles. The molecular formula is C12H21O4PSi. The highest BCUT2D eigenvalue weighted by Gasteiger charge is 2.46. The van der Waals surface area contributed by atoms with Gasteiger partial charge in [0.2, 0.25) is 0 Å². The van der Waals surface area contributed by atoms with Crippen molar-refractivity contribution >= 4 is 15.7 Å². The fourth-order valence-corrected chi connectivity index (χ4v) is 3.92. The van der Waals surface area contributed by atoms with Gasteiger partial charge in [0.1, 0.15) is 0 Å². The maximum absolute atomic E-state index is 11.6. The van der Waals surface area contributed by atoms with Gasteiger partial charge in [-0.3, -0.25) is 4.57 Å². The van der Waals surface area contributed by atoms with Crippen molar-refractivity contribution in [3.8, 4) is 0 Å². The summed E-state index contributed by atoms with van der Waals surface area (Å²) in [6.45, 7) is 6.33. The van der Waals surface area contributed by atoms with Crippen molar-refractivity contribution in [1.29, 1.82) is 0 Å². The lowest BCUT2D eigenvalue weighted by Crippen LogP contribution is -2.30. The molecule has 1 aromatic carbocycles. The molecule has 1 atom stereocenters. The van der Waals surface area contributed by atoms with E-state index in [1.54, 1.807) is 30.3 Å². The largest absolute Gasteiger partial charge is 0.373 e. The molecule has 0 aromatic heterocycles. The van der Waals surface area contributed by atoms with Crippen molar-refractivity contribution in [1.82, 2.24) is 0 Å². The molecule has 0 radical (unpaired) electrons. The van der Waals surface area contributed by atoms with Crippen LogP contribution in [-0.4, -0.2) is 23.0 Å². The van der Waals surface area contributed by atoms with Crippen LogP contribution in [0.4, 0.5) is 0 Å². The minimum absolute atomic E-state index is 0.0943. The summed E-state index contributed by atoms with van der Waals surface area (Å²) in [4.78, 5) is 18.9. The predicted octanol–water partition coefficient (Wildman–Crippen LogP) is 2.74. The number of rotatable bonds is 5. The first-order valence-corrected chi connectivity index (χ1v) is 11.2. The molecule has 0 fully saturated rings. The van der Waals surface area contributed by atoms with Gasteiger partial charge in [-0.05, 0) is 12.0 Å². The van der Waals surface area contributed by atoms with Crippen molar-refractivity contribution in [2.75, 3.05) is 0 Å². The van der Waals surface area contributed by atoms with Gasteiger partial charge in [0.05, 0.1) is 0 Å². The second kappa shape index (κ2) is 5.27. The second-order valence-corrected chi connectivity index (χ2v) is 13.2. The fraction of sp³-hybridized carbons (Fsp3) is 0.500. The maximum atomic E-state index is 11.6. The fourth-order valence-electron chi connectivity index (χ4n) is 1.71. The Bertz CT molecular complexity index is 437. The van der Waals surface area contributed by atoms with Crippen LogP contribution >= 0.6 is 7.60 Å². The Hall–Kier alpha value is -0.453. The van der Waals surface area contributed by atoms with E-state index in [1.807, 2.05) is 0 Å². The summed E-state index contributed by atoms with van der Waals surface area (Å²) in [5, 5.41) is 8.38. The Labute approximate surface area is 109 Å². The molecule has 1 unspecified atom stereocenters. The zero-order chi connectivity index (χ0) is 14.0. The van der Waals surface area contributed by atoms with Crippen molar-refractivity contribution in [2.24, 2.45) is 0 Å². The van der Waals surface area contributed by atoms with Crippen LogP contribution in [0.5, 0.6) is 0 Å².